The van der Waals surface area contributed by atoms with Crippen molar-refractivity contribution in [2.24, 2.45) is 0 Å². The summed E-state index contributed by atoms with van der Waals surface area (Å²) in [6.45, 7) is 2.64. The summed E-state index contributed by atoms with van der Waals surface area (Å²) in [6.07, 6.45) is 0. The predicted molar refractivity (Wildman–Crippen MR) is 84.1 cm³/mol. The fourth-order valence-corrected chi connectivity index (χ4v) is 2.22. The number of quaternary nitrogens is 1. The third-order valence-electron chi connectivity index (χ3n) is 3.23. The molecule has 0 atom stereocenters. The van der Waals surface area contributed by atoms with Crippen LogP contribution in [0.1, 0.15) is 5.56 Å². The van der Waals surface area contributed by atoms with Crippen LogP contribution in [-0.4, -0.2) is 31.7 Å². The van der Waals surface area contributed by atoms with Gasteiger partial charge in [-0.2, -0.15) is 0 Å². The summed E-state index contributed by atoms with van der Waals surface area (Å²) in [5, 5.41) is 0.784. The first kappa shape index (κ1) is 14.9. The topological polar surface area (TPSA) is 9.23 Å². The van der Waals surface area contributed by atoms with E-state index < -0.39 is 0 Å². The Bertz CT molecular complexity index is 522. The molecule has 0 spiro atoms. The van der Waals surface area contributed by atoms with E-state index in [9.17, 15) is 0 Å². The molecule has 3 heteroatoms. The summed E-state index contributed by atoms with van der Waals surface area (Å²) in [7, 11) is 4.42. The SMILES string of the molecule is C[N+](C)(CCOc1ccccc1)Cc1ccc(Cl)cc1. The normalized spacial score (nSPS) is 11.3. The second kappa shape index (κ2) is 6.78. The van der Waals surface area contributed by atoms with Crippen LogP contribution in [0, 0.1) is 0 Å². The van der Waals surface area contributed by atoms with Crippen molar-refractivity contribution in [2.45, 2.75) is 6.54 Å². The maximum Gasteiger partial charge on any atom is 0.137 e. The largest absolute Gasteiger partial charge is 0.488 e. The van der Waals surface area contributed by atoms with Crippen molar-refractivity contribution >= 4 is 11.6 Å². The molecule has 0 aliphatic rings. The van der Waals surface area contributed by atoms with Crippen LogP contribution in [0.2, 0.25) is 5.02 Å². The number of ether oxygens (including phenoxy) is 1. The van der Waals surface area contributed by atoms with Gasteiger partial charge in [0.15, 0.2) is 0 Å². The molecule has 20 heavy (non-hydrogen) atoms. The number of hydrogen-bond donors (Lipinski definition) is 0. The fourth-order valence-electron chi connectivity index (χ4n) is 2.09. The van der Waals surface area contributed by atoms with Crippen LogP contribution in [0.15, 0.2) is 54.6 Å². The van der Waals surface area contributed by atoms with Gasteiger partial charge in [-0.15, -0.1) is 0 Å². The first-order valence-corrected chi connectivity index (χ1v) is 7.17. The highest BCUT2D eigenvalue weighted by Crippen LogP contribution is 2.14. The molecule has 2 aromatic rings. The van der Waals surface area contributed by atoms with Gasteiger partial charge in [0.2, 0.25) is 0 Å². The summed E-state index contributed by atoms with van der Waals surface area (Å²) in [6, 6.07) is 18.0. The van der Waals surface area contributed by atoms with E-state index in [0.717, 1.165) is 28.3 Å². The molecule has 0 aliphatic heterocycles. The smallest absolute Gasteiger partial charge is 0.137 e. The van der Waals surface area contributed by atoms with Gasteiger partial charge in [0, 0.05) is 10.6 Å². The first-order chi connectivity index (χ1) is 9.55. The number of rotatable bonds is 6. The van der Waals surface area contributed by atoms with Crippen LogP contribution in [0.25, 0.3) is 0 Å². The molecular formula is C17H21ClNO+. The Morgan fingerprint density at radius 1 is 0.950 bits per heavy atom. The molecule has 0 aromatic heterocycles. The van der Waals surface area contributed by atoms with Crippen molar-refractivity contribution in [2.75, 3.05) is 27.2 Å². The van der Waals surface area contributed by atoms with Crippen LogP contribution in [-0.2, 0) is 6.54 Å². The molecule has 106 valence electrons. The Labute approximate surface area is 126 Å². The van der Waals surface area contributed by atoms with Crippen molar-refractivity contribution in [3.8, 4) is 5.75 Å². The second-order valence-corrected chi connectivity index (χ2v) is 6.04. The molecular weight excluding hydrogens is 270 g/mol. The van der Waals surface area contributed by atoms with Gasteiger partial charge in [0.25, 0.3) is 0 Å². The summed E-state index contributed by atoms with van der Waals surface area (Å²) in [5.74, 6) is 0.930. The molecule has 0 heterocycles. The number of para-hydroxylation sites is 1. The van der Waals surface area contributed by atoms with Gasteiger partial charge in [-0.25, -0.2) is 0 Å². The highest BCUT2D eigenvalue weighted by molar-refractivity contribution is 6.30. The molecule has 2 aromatic carbocycles. The molecule has 0 N–H and O–H groups in total. The zero-order valence-electron chi connectivity index (χ0n) is 12.1. The number of benzene rings is 2. The van der Waals surface area contributed by atoms with Crippen LogP contribution >= 0.6 is 11.6 Å². The van der Waals surface area contributed by atoms with Gasteiger partial charge >= 0.3 is 0 Å². The molecule has 0 saturated carbocycles. The number of hydrogen-bond acceptors (Lipinski definition) is 1. The highest BCUT2D eigenvalue weighted by Gasteiger charge is 2.15. The lowest BCUT2D eigenvalue weighted by Gasteiger charge is -2.29. The average Bonchev–Trinajstić information content (AvgIpc) is 2.42. The Kier molecular flexibility index (Phi) is 5.05. The lowest BCUT2D eigenvalue weighted by molar-refractivity contribution is -0.903. The molecule has 0 fully saturated rings. The molecule has 0 amide bonds. The van der Waals surface area contributed by atoms with E-state index in [1.54, 1.807) is 0 Å². The van der Waals surface area contributed by atoms with Crippen molar-refractivity contribution in [3.05, 3.63) is 65.2 Å². The van der Waals surface area contributed by atoms with Gasteiger partial charge in [-0.05, 0) is 24.3 Å². The molecule has 0 aliphatic carbocycles. The Balaban J connectivity index is 1.83. The van der Waals surface area contributed by atoms with Gasteiger partial charge < -0.3 is 9.22 Å². The van der Waals surface area contributed by atoms with Gasteiger partial charge in [-0.1, -0.05) is 41.9 Å². The highest BCUT2D eigenvalue weighted by atomic mass is 35.5. The Morgan fingerprint density at radius 3 is 2.25 bits per heavy atom. The molecule has 0 saturated heterocycles. The standard InChI is InChI=1S/C17H21ClNO/c1-19(2,14-15-8-10-16(18)11-9-15)12-13-20-17-6-4-3-5-7-17/h3-11H,12-14H2,1-2H3/q+1. The first-order valence-electron chi connectivity index (χ1n) is 6.79. The van der Waals surface area contributed by atoms with E-state index in [-0.39, 0.29) is 0 Å². The van der Waals surface area contributed by atoms with E-state index in [0.29, 0.717) is 6.61 Å². The molecule has 0 bridgehead atoms. The minimum atomic E-state index is 0.713. The number of halogens is 1. The summed E-state index contributed by atoms with van der Waals surface area (Å²) in [4.78, 5) is 0. The summed E-state index contributed by atoms with van der Waals surface area (Å²) < 4.78 is 6.65. The van der Waals surface area contributed by atoms with Crippen LogP contribution < -0.4 is 4.74 Å². The lowest BCUT2D eigenvalue weighted by atomic mass is 10.2. The van der Waals surface area contributed by atoms with Crippen molar-refractivity contribution in [1.82, 2.24) is 0 Å². The van der Waals surface area contributed by atoms with E-state index in [2.05, 4.69) is 26.2 Å². The zero-order chi connectivity index (χ0) is 14.4. The maximum absolute atomic E-state index is 5.91. The predicted octanol–water partition coefficient (Wildman–Crippen LogP) is 4.00. The van der Waals surface area contributed by atoms with E-state index in [4.69, 9.17) is 16.3 Å². The Hall–Kier alpha value is -1.51. The number of likely N-dealkylation sites (N-methyl/N-ethyl adjacent to an activating group) is 1. The number of nitrogens with zero attached hydrogens (tertiary/aromatic N) is 1. The van der Waals surface area contributed by atoms with Gasteiger partial charge in [0.1, 0.15) is 25.4 Å². The van der Waals surface area contributed by atoms with Crippen molar-refractivity contribution in [1.29, 1.82) is 0 Å². The molecule has 0 unspecified atom stereocenters. The van der Waals surface area contributed by atoms with Gasteiger partial charge in [-0.3, -0.25) is 0 Å². The molecule has 0 radical (unpaired) electrons. The third kappa shape index (κ3) is 4.87. The zero-order valence-corrected chi connectivity index (χ0v) is 12.8. The van der Waals surface area contributed by atoms with Crippen molar-refractivity contribution < 1.29 is 9.22 Å². The van der Waals surface area contributed by atoms with Crippen molar-refractivity contribution in [3.63, 3.8) is 0 Å². The summed E-state index contributed by atoms with van der Waals surface area (Å²) >= 11 is 5.91. The molecule has 2 nitrogen and oxygen atoms in total. The minimum Gasteiger partial charge on any atom is -0.488 e. The second-order valence-electron chi connectivity index (χ2n) is 5.61. The Morgan fingerprint density at radius 2 is 1.60 bits per heavy atom. The van der Waals surface area contributed by atoms with Crippen LogP contribution in [0.4, 0.5) is 0 Å². The monoisotopic (exact) mass is 290 g/mol. The molecule has 2 rings (SSSR count). The third-order valence-corrected chi connectivity index (χ3v) is 3.48. The van der Waals surface area contributed by atoms with E-state index in [1.165, 1.54) is 5.56 Å². The summed E-state index contributed by atoms with van der Waals surface area (Å²) in [5.41, 5.74) is 1.29. The van der Waals surface area contributed by atoms with Gasteiger partial charge in [0.05, 0.1) is 14.1 Å². The average molecular weight is 291 g/mol. The van der Waals surface area contributed by atoms with Crippen LogP contribution in [0.5, 0.6) is 5.75 Å². The van der Waals surface area contributed by atoms with E-state index in [1.807, 2.05) is 42.5 Å². The van der Waals surface area contributed by atoms with E-state index >= 15 is 0 Å². The minimum absolute atomic E-state index is 0.713. The quantitative estimate of drug-likeness (QED) is 0.731. The fraction of sp³-hybridized carbons (Fsp3) is 0.294. The lowest BCUT2D eigenvalue weighted by Crippen LogP contribution is -2.41. The maximum atomic E-state index is 5.91. The van der Waals surface area contributed by atoms with Crippen LogP contribution in [0.3, 0.4) is 0 Å².